The molecule has 4 heteroatoms. The summed E-state index contributed by atoms with van der Waals surface area (Å²) in [4.78, 5) is 11.5. The predicted octanol–water partition coefficient (Wildman–Crippen LogP) is 2.93. The second-order valence-electron chi connectivity index (χ2n) is 4.87. The Morgan fingerprint density at radius 3 is 2.68 bits per heavy atom. The van der Waals surface area contributed by atoms with Crippen molar-refractivity contribution in [2.75, 3.05) is 13.3 Å². The summed E-state index contributed by atoms with van der Waals surface area (Å²) in [5, 5.41) is 5.48. The molecule has 0 heterocycles. The molecule has 1 rings (SSSR count). The standard InChI is InChI=1S/C15H24N2O2/c1-4-13-7-5-6-8-14(13)19-11-17-15(18)16-10-9-12(2)3/h5-8,12H,4,9-11H2,1-3H3,(H2,16,17,18). The summed E-state index contributed by atoms with van der Waals surface area (Å²) in [6.07, 6.45) is 1.89. The fourth-order valence-corrected chi connectivity index (χ4v) is 1.65. The van der Waals surface area contributed by atoms with Gasteiger partial charge < -0.3 is 15.4 Å². The van der Waals surface area contributed by atoms with Crippen LogP contribution in [-0.4, -0.2) is 19.3 Å². The zero-order chi connectivity index (χ0) is 14.1. The lowest BCUT2D eigenvalue weighted by Gasteiger charge is -2.12. The van der Waals surface area contributed by atoms with Crippen molar-refractivity contribution in [1.29, 1.82) is 0 Å². The molecule has 4 nitrogen and oxygen atoms in total. The van der Waals surface area contributed by atoms with E-state index in [1.54, 1.807) is 0 Å². The zero-order valence-electron chi connectivity index (χ0n) is 12.0. The molecular weight excluding hydrogens is 240 g/mol. The molecule has 0 aromatic heterocycles. The molecule has 0 fully saturated rings. The molecule has 2 N–H and O–H groups in total. The van der Waals surface area contributed by atoms with Crippen LogP contribution in [0.2, 0.25) is 0 Å². The summed E-state index contributed by atoms with van der Waals surface area (Å²) in [7, 11) is 0. The molecule has 0 radical (unpaired) electrons. The minimum atomic E-state index is -0.186. The number of amides is 2. The largest absolute Gasteiger partial charge is 0.473 e. The molecule has 1 aromatic rings. The first-order valence-electron chi connectivity index (χ1n) is 6.85. The molecule has 0 aliphatic rings. The maximum atomic E-state index is 11.5. The van der Waals surface area contributed by atoms with Gasteiger partial charge in [0.2, 0.25) is 0 Å². The van der Waals surface area contributed by atoms with Crippen LogP contribution in [0.5, 0.6) is 5.75 Å². The third-order valence-electron chi connectivity index (χ3n) is 2.82. The highest BCUT2D eigenvalue weighted by Gasteiger charge is 2.02. The molecule has 0 aliphatic carbocycles. The number of hydrogen-bond acceptors (Lipinski definition) is 2. The van der Waals surface area contributed by atoms with Gasteiger partial charge in [-0.05, 0) is 30.4 Å². The van der Waals surface area contributed by atoms with Crippen molar-refractivity contribution in [3.63, 3.8) is 0 Å². The second-order valence-corrected chi connectivity index (χ2v) is 4.87. The van der Waals surface area contributed by atoms with Gasteiger partial charge in [-0.15, -0.1) is 0 Å². The Labute approximate surface area is 115 Å². The van der Waals surface area contributed by atoms with Crippen LogP contribution in [-0.2, 0) is 6.42 Å². The Hall–Kier alpha value is -1.71. The number of benzene rings is 1. The Morgan fingerprint density at radius 2 is 2.00 bits per heavy atom. The number of para-hydroxylation sites is 1. The van der Waals surface area contributed by atoms with Crippen molar-refractivity contribution in [2.24, 2.45) is 5.92 Å². The van der Waals surface area contributed by atoms with Gasteiger partial charge in [-0.1, -0.05) is 39.0 Å². The van der Waals surface area contributed by atoms with E-state index in [1.165, 1.54) is 0 Å². The van der Waals surface area contributed by atoms with Crippen molar-refractivity contribution in [3.05, 3.63) is 29.8 Å². The Bertz CT molecular complexity index is 391. The molecule has 0 bridgehead atoms. The van der Waals surface area contributed by atoms with Crippen LogP contribution in [0.25, 0.3) is 0 Å². The quantitative estimate of drug-likeness (QED) is 0.744. The molecule has 0 saturated heterocycles. The molecule has 0 spiro atoms. The lowest BCUT2D eigenvalue weighted by molar-refractivity contribution is 0.223. The Morgan fingerprint density at radius 1 is 1.26 bits per heavy atom. The van der Waals surface area contributed by atoms with Crippen LogP contribution in [0.3, 0.4) is 0 Å². The lowest BCUT2D eigenvalue weighted by atomic mass is 10.1. The van der Waals surface area contributed by atoms with Crippen LogP contribution in [0.4, 0.5) is 4.79 Å². The number of carbonyl (C=O) groups is 1. The Balaban J connectivity index is 2.24. The van der Waals surface area contributed by atoms with Gasteiger partial charge >= 0.3 is 6.03 Å². The maximum absolute atomic E-state index is 11.5. The van der Waals surface area contributed by atoms with E-state index in [2.05, 4.69) is 31.4 Å². The number of hydrogen-bond donors (Lipinski definition) is 2. The van der Waals surface area contributed by atoms with E-state index in [1.807, 2.05) is 24.3 Å². The van der Waals surface area contributed by atoms with Crippen LogP contribution in [0.1, 0.15) is 32.8 Å². The highest BCUT2D eigenvalue weighted by molar-refractivity contribution is 5.73. The molecule has 19 heavy (non-hydrogen) atoms. The van der Waals surface area contributed by atoms with E-state index in [-0.39, 0.29) is 12.8 Å². The predicted molar refractivity (Wildman–Crippen MR) is 77.3 cm³/mol. The normalized spacial score (nSPS) is 10.3. The second kappa shape index (κ2) is 8.40. The van der Waals surface area contributed by atoms with Gasteiger partial charge in [0.05, 0.1) is 0 Å². The topological polar surface area (TPSA) is 50.4 Å². The van der Waals surface area contributed by atoms with Crippen LogP contribution >= 0.6 is 0 Å². The first-order chi connectivity index (χ1) is 9.13. The van der Waals surface area contributed by atoms with Gasteiger partial charge in [0.25, 0.3) is 0 Å². The average Bonchev–Trinajstić information content (AvgIpc) is 2.39. The summed E-state index contributed by atoms with van der Waals surface area (Å²) in [5.74, 6) is 1.42. The molecule has 2 amide bonds. The van der Waals surface area contributed by atoms with Gasteiger partial charge in [-0.25, -0.2) is 4.79 Å². The van der Waals surface area contributed by atoms with E-state index in [9.17, 15) is 4.79 Å². The van der Waals surface area contributed by atoms with Gasteiger partial charge in [0, 0.05) is 6.54 Å². The maximum Gasteiger partial charge on any atom is 0.317 e. The first-order valence-corrected chi connectivity index (χ1v) is 6.85. The smallest absolute Gasteiger partial charge is 0.317 e. The van der Waals surface area contributed by atoms with Crippen molar-refractivity contribution in [2.45, 2.75) is 33.6 Å². The SMILES string of the molecule is CCc1ccccc1OCNC(=O)NCCC(C)C. The zero-order valence-corrected chi connectivity index (χ0v) is 12.0. The number of carbonyl (C=O) groups excluding carboxylic acids is 1. The van der Waals surface area contributed by atoms with Gasteiger partial charge in [-0.2, -0.15) is 0 Å². The fourth-order valence-electron chi connectivity index (χ4n) is 1.65. The Kier molecular flexibility index (Phi) is 6.79. The van der Waals surface area contributed by atoms with Crippen LogP contribution < -0.4 is 15.4 Å². The minimum Gasteiger partial charge on any atom is -0.473 e. The third kappa shape index (κ3) is 6.13. The number of ether oxygens (including phenoxy) is 1. The van der Waals surface area contributed by atoms with Gasteiger partial charge in [0.15, 0.2) is 6.73 Å². The number of rotatable bonds is 7. The van der Waals surface area contributed by atoms with Crippen molar-refractivity contribution in [3.8, 4) is 5.75 Å². The number of aryl methyl sites for hydroxylation is 1. The molecule has 0 saturated carbocycles. The summed E-state index contributed by atoms with van der Waals surface area (Å²) >= 11 is 0. The summed E-state index contributed by atoms with van der Waals surface area (Å²) in [6.45, 7) is 7.21. The van der Waals surface area contributed by atoms with E-state index < -0.39 is 0 Å². The molecule has 0 atom stereocenters. The van der Waals surface area contributed by atoms with Crippen LogP contribution in [0.15, 0.2) is 24.3 Å². The van der Waals surface area contributed by atoms with Gasteiger partial charge in [0.1, 0.15) is 5.75 Å². The average molecular weight is 264 g/mol. The summed E-state index contributed by atoms with van der Waals surface area (Å²) < 4.78 is 5.55. The molecular formula is C15H24N2O2. The van der Waals surface area contributed by atoms with Crippen molar-refractivity contribution >= 4 is 6.03 Å². The number of nitrogens with one attached hydrogen (secondary N) is 2. The monoisotopic (exact) mass is 264 g/mol. The number of urea groups is 1. The van der Waals surface area contributed by atoms with E-state index in [0.29, 0.717) is 12.5 Å². The fraction of sp³-hybridized carbons (Fsp3) is 0.533. The summed E-state index contributed by atoms with van der Waals surface area (Å²) in [5.41, 5.74) is 1.14. The lowest BCUT2D eigenvalue weighted by Crippen LogP contribution is -2.38. The minimum absolute atomic E-state index is 0.185. The first kappa shape index (κ1) is 15.3. The van der Waals surface area contributed by atoms with Crippen molar-refractivity contribution < 1.29 is 9.53 Å². The highest BCUT2D eigenvalue weighted by atomic mass is 16.5. The molecule has 106 valence electrons. The van der Waals surface area contributed by atoms with E-state index in [4.69, 9.17) is 4.74 Å². The van der Waals surface area contributed by atoms with Crippen molar-refractivity contribution in [1.82, 2.24) is 10.6 Å². The highest BCUT2D eigenvalue weighted by Crippen LogP contribution is 2.17. The van der Waals surface area contributed by atoms with E-state index in [0.717, 1.165) is 24.2 Å². The molecule has 0 aliphatic heterocycles. The molecule has 1 aromatic carbocycles. The van der Waals surface area contributed by atoms with E-state index >= 15 is 0 Å². The summed E-state index contributed by atoms with van der Waals surface area (Å²) in [6, 6.07) is 7.67. The third-order valence-corrected chi connectivity index (χ3v) is 2.82. The van der Waals surface area contributed by atoms with Crippen LogP contribution in [0, 0.1) is 5.92 Å². The van der Waals surface area contributed by atoms with Gasteiger partial charge in [-0.3, -0.25) is 0 Å². The molecule has 0 unspecified atom stereocenters.